The van der Waals surface area contributed by atoms with Crippen LogP contribution in [0.5, 0.6) is 5.75 Å². The monoisotopic (exact) mass is 273 g/mol. The van der Waals surface area contributed by atoms with Crippen LogP contribution in [0.25, 0.3) is 6.08 Å². The van der Waals surface area contributed by atoms with Gasteiger partial charge in [0, 0.05) is 31.5 Å². The first-order valence-corrected chi connectivity index (χ1v) is 6.99. The summed E-state index contributed by atoms with van der Waals surface area (Å²) in [6, 6.07) is 6.21. The van der Waals surface area contributed by atoms with Crippen LogP contribution in [-0.2, 0) is 4.79 Å². The minimum absolute atomic E-state index is 0.121. The van der Waals surface area contributed by atoms with E-state index < -0.39 is 5.97 Å². The third kappa shape index (κ3) is 2.56. The molecule has 0 aromatic heterocycles. The fourth-order valence-corrected chi connectivity index (χ4v) is 2.94. The van der Waals surface area contributed by atoms with Crippen molar-refractivity contribution in [2.45, 2.75) is 25.4 Å². The molecule has 4 heteroatoms. The van der Waals surface area contributed by atoms with Crippen LogP contribution in [0.3, 0.4) is 0 Å². The number of nitrogens with zero attached hydrogens (tertiary/aromatic N) is 1. The van der Waals surface area contributed by atoms with Gasteiger partial charge in [0.25, 0.3) is 0 Å². The first-order valence-electron chi connectivity index (χ1n) is 6.99. The van der Waals surface area contributed by atoms with Crippen molar-refractivity contribution in [3.8, 4) is 5.75 Å². The first kappa shape index (κ1) is 13.2. The highest BCUT2D eigenvalue weighted by atomic mass is 16.5. The van der Waals surface area contributed by atoms with Crippen molar-refractivity contribution in [1.82, 2.24) is 4.90 Å². The van der Waals surface area contributed by atoms with E-state index in [0.29, 0.717) is 0 Å². The summed E-state index contributed by atoms with van der Waals surface area (Å²) in [5.74, 6) is 0.173. The fraction of sp³-hybridized carbons (Fsp3) is 0.438. The molecule has 1 N–H and O–H groups in total. The molecule has 0 saturated carbocycles. The Morgan fingerprint density at radius 2 is 2.15 bits per heavy atom. The molecule has 2 aliphatic rings. The number of hydrogen-bond donors (Lipinski definition) is 1. The average Bonchev–Trinajstić information content (AvgIpc) is 2.42. The van der Waals surface area contributed by atoms with E-state index in [0.717, 1.165) is 37.2 Å². The van der Waals surface area contributed by atoms with Crippen molar-refractivity contribution in [2.24, 2.45) is 0 Å². The number of likely N-dealkylation sites (tertiary alicyclic amines) is 1. The number of aliphatic carboxylic acids is 1. The van der Waals surface area contributed by atoms with Gasteiger partial charge >= 0.3 is 5.97 Å². The molecule has 0 atom stereocenters. The molecule has 1 spiro atoms. The summed E-state index contributed by atoms with van der Waals surface area (Å²) in [6.45, 7) is 3.72. The molecule has 106 valence electrons. The minimum Gasteiger partial charge on any atom is -0.482 e. The lowest BCUT2D eigenvalue weighted by Crippen LogP contribution is -2.48. The maximum Gasteiger partial charge on any atom is 0.317 e. The number of carboxylic acid groups (broad SMARTS) is 1. The SMILES string of the molecule is Cc1ccc2c(c1)C=CC1(CCN(CC(=O)O)CC1)O2. The van der Waals surface area contributed by atoms with E-state index in [2.05, 4.69) is 31.2 Å². The van der Waals surface area contributed by atoms with Crippen molar-refractivity contribution in [2.75, 3.05) is 19.6 Å². The Hall–Kier alpha value is -1.81. The van der Waals surface area contributed by atoms with Crippen LogP contribution in [0.4, 0.5) is 0 Å². The zero-order valence-corrected chi connectivity index (χ0v) is 11.6. The number of ether oxygens (including phenoxy) is 1. The highest BCUT2D eigenvalue weighted by Crippen LogP contribution is 2.37. The van der Waals surface area contributed by atoms with E-state index >= 15 is 0 Å². The lowest BCUT2D eigenvalue weighted by molar-refractivity contribution is -0.139. The standard InChI is InChI=1S/C16H19NO3/c1-12-2-3-14-13(10-12)4-5-16(20-14)6-8-17(9-7-16)11-15(18)19/h2-5,10H,6-9,11H2,1H3,(H,18,19). The Kier molecular flexibility index (Phi) is 3.26. The summed E-state index contributed by atoms with van der Waals surface area (Å²) in [6.07, 6.45) is 5.96. The van der Waals surface area contributed by atoms with E-state index in [4.69, 9.17) is 9.84 Å². The number of benzene rings is 1. The number of aryl methyl sites for hydroxylation is 1. The molecule has 0 radical (unpaired) electrons. The number of fused-ring (bicyclic) bond motifs is 1. The van der Waals surface area contributed by atoms with Crippen LogP contribution >= 0.6 is 0 Å². The molecule has 2 aliphatic heterocycles. The van der Waals surface area contributed by atoms with Crippen LogP contribution in [0.1, 0.15) is 24.0 Å². The van der Waals surface area contributed by atoms with E-state index in [-0.39, 0.29) is 12.1 Å². The zero-order chi connectivity index (χ0) is 14.2. The largest absolute Gasteiger partial charge is 0.482 e. The van der Waals surface area contributed by atoms with E-state index in [1.54, 1.807) is 0 Å². The molecule has 3 rings (SSSR count). The first-order chi connectivity index (χ1) is 9.56. The Morgan fingerprint density at radius 3 is 2.85 bits per heavy atom. The van der Waals surface area contributed by atoms with E-state index in [9.17, 15) is 4.79 Å². The van der Waals surface area contributed by atoms with Crippen molar-refractivity contribution in [3.63, 3.8) is 0 Å². The van der Waals surface area contributed by atoms with Gasteiger partial charge in [0.2, 0.25) is 0 Å². The van der Waals surface area contributed by atoms with Crippen LogP contribution < -0.4 is 4.74 Å². The molecule has 4 nitrogen and oxygen atoms in total. The van der Waals surface area contributed by atoms with Crippen LogP contribution in [0.15, 0.2) is 24.3 Å². The molecular weight excluding hydrogens is 254 g/mol. The maximum absolute atomic E-state index is 10.7. The topological polar surface area (TPSA) is 49.8 Å². The third-order valence-electron chi connectivity index (χ3n) is 4.11. The smallest absolute Gasteiger partial charge is 0.317 e. The second-order valence-electron chi connectivity index (χ2n) is 5.71. The van der Waals surface area contributed by atoms with Gasteiger partial charge in [-0.25, -0.2) is 0 Å². The zero-order valence-electron chi connectivity index (χ0n) is 11.6. The molecule has 1 aromatic rings. The van der Waals surface area contributed by atoms with Crippen LogP contribution in [-0.4, -0.2) is 41.2 Å². The Labute approximate surface area is 118 Å². The minimum atomic E-state index is -0.762. The van der Waals surface area contributed by atoms with Gasteiger partial charge in [-0.15, -0.1) is 0 Å². The van der Waals surface area contributed by atoms with Gasteiger partial charge in [-0.2, -0.15) is 0 Å². The molecule has 2 heterocycles. The van der Waals surface area contributed by atoms with Gasteiger partial charge in [0.1, 0.15) is 11.4 Å². The summed E-state index contributed by atoms with van der Waals surface area (Å²) < 4.78 is 6.21. The Morgan fingerprint density at radius 1 is 1.40 bits per heavy atom. The molecule has 1 aromatic carbocycles. The Balaban J connectivity index is 1.72. The van der Waals surface area contributed by atoms with Crippen molar-refractivity contribution >= 4 is 12.0 Å². The van der Waals surface area contributed by atoms with Gasteiger partial charge < -0.3 is 9.84 Å². The molecule has 20 heavy (non-hydrogen) atoms. The molecule has 1 fully saturated rings. The summed E-state index contributed by atoms with van der Waals surface area (Å²) in [4.78, 5) is 12.7. The predicted molar refractivity (Wildman–Crippen MR) is 76.9 cm³/mol. The van der Waals surface area contributed by atoms with E-state index in [1.807, 2.05) is 11.0 Å². The molecule has 0 unspecified atom stereocenters. The van der Waals surface area contributed by atoms with Gasteiger partial charge in [-0.1, -0.05) is 17.7 Å². The van der Waals surface area contributed by atoms with Gasteiger partial charge in [-0.05, 0) is 25.1 Å². The average molecular weight is 273 g/mol. The van der Waals surface area contributed by atoms with Crippen molar-refractivity contribution in [1.29, 1.82) is 0 Å². The number of hydrogen-bond acceptors (Lipinski definition) is 3. The molecule has 0 amide bonds. The Bertz CT molecular complexity index is 557. The normalized spacial score (nSPS) is 20.4. The molecular formula is C16H19NO3. The van der Waals surface area contributed by atoms with Crippen molar-refractivity contribution < 1.29 is 14.6 Å². The summed E-state index contributed by atoms with van der Waals surface area (Å²) >= 11 is 0. The number of carbonyl (C=O) groups is 1. The van der Waals surface area contributed by atoms with Crippen molar-refractivity contribution in [3.05, 3.63) is 35.4 Å². The quantitative estimate of drug-likeness (QED) is 0.898. The van der Waals surface area contributed by atoms with Crippen LogP contribution in [0.2, 0.25) is 0 Å². The third-order valence-corrected chi connectivity index (χ3v) is 4.11. The van der Waals surface area contributed by atoms with Gasteiger partial charge in [0.15, 0.2) is 0 Å². The fourth-order valence-electron chi connectivity index (χ4n) is 2.94. The number of piperidine rings is 1. The van der Waals surface area contributed by atoms with Gasteiger partial charge in [0.05, 0.1) is 6.54 Å². The lowest BCUT2D eigenvalue weighted by Gasteiger charge is -2.41. The number of rotatable bonds is 2. The van der Waals surface area contributed by atoms with Gasteiger partial charge in [-0.3, -0.25) is 9.69 Å². The summed E-state index contributed by atoms with van der Waals surface area (Å²) in [5, 5.41) is 8.84. The second kappa shape index (κ2) is 4.94. The highest BCUT2D eigenvalue weighted by molar-refractivity contribution is 5.69. The second-order valence-corrected chi connectivity index (χ2v) is 5.71. The molecule has 1 saturated heterocycles. The van der Waals surface area contributed by atoms with Crippen LogP contribution in [0, 0.1) is 6.92 Å². The summed E-state index contributed by atoms with van der Waals surface area (Å²) in [5.41, 5.74) is 2.10. The maximum atomic E-state index is 10.7. The highest BCUT2D eigenvalue weighted by Gasteiger charge is 2.36. The molecule has 0 aliphatic carbocycles. The van der Waals surface area contributed by atoms with E-state index in [1.165, 1.54) is 5.56 Å². The number of carboxylic acids is 1. The molecule has 0 bridgehead atoms. The summed E-state index contributed by atoms with van der Waals surface area (Å²) in [7, 11) is 0. The predicted octanol–water partition coefficient (Wildman–Crippen LogP) is 2.32. The lowest BCUT2D eigenvalue weighted by atomic mass is 9.88.